The van der Waals surface area contributed by atoms with Gasteiger partial charge in [-0.15, -0.1) is 11.3 Å². The molecule has 9 nitrogen and oxygen atoms in total. The van der Waals surface area contributed by atoms with E-state index >= 15 is 0 Å². The maximum Gasteiger partial charge on any atom is 0.348 e. The smallest absolute Gasteiger partial charge is 0.348 e. The number of nitrogens with one attached hydrogen (secondary N) is 1. The third kappa shape index (κ3) is 5.88. The molecule has 2 fully saturated rings. The van der Waals surface area contributed by atoms with Crippen LogP contribution in [0.4, 0.5) is 21.6 Å². The highest BCUT2D eigenvalue weighted by Crippen LogP contribution is 2.44. The van der Waals surface area contributed by atoms with Gasteiger partial charge in [0.2, 0.25) is 0 Å². The minimum Gasteiger partial charge on any atom is -0.462 e. The first-order valence-corrected chi connectivity index (χ1v) is 17.8. The Morgan fingerprint density at radius 1 is 1.00 bits per heavy atom. The molecule has 2 saturated heterocycles. The van der Waals surface area contributed by atoms with Gasteiger partial charge in [0.15, 0.2) is 0 Å². The number of anilines is 3. The number of aryl methyl sites for hydroxylation is 2. The molecule has 2 aromatic carbocycles. The van der Waals surface area contributed by atoms with E-state index in [9.17, 15) is 18.8 Å². The Kier molecular flexibility index (Phi) is 8.19. The van der Waals surface area contributed by atoms with Crippen LogP contribution in [0.5, 0.6) is 0 Å². The average Bonchev–Trinajstić information content (AvgIpc) is 3.71. The molecule has 11 heteroatoms. The van der Waals surface area contributed by atoms with Crippen LogP contribution in [0.2, 0.25) is 0 Å². The number of ether oxygens (including phenoxy) is 2. The van der Waals surface area contributed by atoms with Gasteiger partial charge in [-0.2, -0.15) is 0 Å². The van der Waals surface area contributed by atoms with E-state index in [-0.39, 0.29) is 23.8 Å². The number of hydrogen-bond acceptors (Lipinski definition) is 8. The standard InChI is InChI=1S/C38H37FN4O5S/c1-2-48-37(46)32-19-25-12-15-43(31-20-26(39)8-11-28(31)33(25)49-32)36(45)23-6-9-27(10-7-23)40-35(44)29-18-24-4-3-5-30(24)41-34(29)42-21-38(22-42)13-16-47-17-14-38/h6-11,18-20H,2-5,12-17,21-22H2,1H3,(H,40,44). The number of carbonyl (C=O) groups is 3. The lowest BCUT2D eigenvalue weighted by atomic mass is 9.73. The van der Waals surface area contributed by atoms with E-state index in [4.69, 9.17) is 14.5 Å². The van der Waals surface area contributed by atoms with Crippen LogP contribution >= 0.6 is 11.3 Å². The molecule has 1 aliphatic carbocycles. The van der Waals surface area contributed by atoms with E-state index in [1.165, 1.54) is 23.5 Å². The zero-order chi connectivity index (χ0) is 33.7. The van der Waals surface area contributed by atoms with Crippen molar-refractivity contribution >= 4 is 46.3 Å². The van der Waals surface area contributed by atoms with Crippen LogP contribution in [-0.2, 0) is 28.7 Å². The van der Waals surface area contributed by atoms with Crippen molar-refractivity contribution in [2.24, 2.45) is 5.41 Å². The molecule has 2 aromatic heterocycles. The summed E-state index contributed by atoms with van der Waals surface area (Å²) in [6.45, 7) is 5.66. The third-order valence-corrected chi connectivity index (χ3v) is 11.4. The van der Waals surface area contributed by atoms with Crippen molar-refractivity contribution in [2.75, 3.05) is 54.6 Å². The minimum absolute atomic E-state index is 0.227. The summed E-state index contributed by atoms with van der Waals surface area (Å²) in [5.74, 6) is -0.611. The van der Waals surface area contributed by atoms with Crippen molar-refractivity contribution in [1.29, 1.82) is 0 Å². The second-order valence-electron chi connectivity index (χ2n) is 13.4. The number of hydrogen-bond donors (Lipinski definition) is 1. The number of carbonyl (C=O) groups excluding carboxylic acids is 3. The van der Waals surface area contributed by atoms with Crippen LogP contribution < -0.4 is 15.1 Å². The Hall–Kier alpha value is -4.61. The zero-order valence-electron chi connectivity index (χ0n) is 27.4. The molecule has 252 valence electrons. The van der Waals surface area contributed by atoms with Crippen molar-refractivity contribution in [3.05, 3.63) is 93.2 Å². The largest absolute Gasteiger partial charge is 0.462 e. The number of pyridine rings is 1. The summed E-state index contributed by atoms with van der Waals surface area (Å²) in [6.07, 6.45) is 5.45. The number of amides is 2. The molecule has 1 N–H and O–H groups in total. The van der Waals surface area contributed by atoms with E-state index in [1.807, 2.05) is 12.1 Å². The van der Waals surface area contributed by atoms with Gasteiger partial charge in [0.25, 0.3) is 11.8 Å². The number of benzene rings is 2. The maximum atomic E-state index is 14.6. The van der Waals surface area contributed by atoms with Crippen LogP contribution in [0, 0.1) is 11.2 Å². The molecule has 0 atom stereocenters. The normalized spacial score (nSPS) is 17.4. The third-order valence-electron chi connectivity index (χ3n) is 10.2. The predicted molar refractivity (Wildman–Crippen MR) is 186 cm³/mol. The topological polar surface area (TPSA) is 101 Å². The number of esters is 1. The number of aromatic nitrogens is 1. The summed E-state index contributed by atoms with van der Waals surface area (Å²) in [5.41, 5.74) is 6.07. The molecule has 0 unspecified atom stereocenters. The number of rotatable bonds is 6. The molecule has 5 heterocycles. The molecular weight excluding hydrogens is 644 g/mol. The zero-order valence-corrected chi connectivity index (χ0v) is 28.2. The van der Waals surface area contributed by atoms with E-state index in [0.29, 0.717) is 45.9 Å². The highest BCUT2D eigenvalue weighted by Gasteiger charge is 2.45. The Balaban J connectivity index is 1.01. The lowest BCUT2D eigenvalue weighted by Crippen LogP contribution is -2.59. The number of nitrogens with zero attached hydrogens (tertiary/aromatic N) is 3. The van der Waals surface area contributed by atoms with Crippen LogP contribution in [0.3, 0.4) is 0 Å². The van der Waals surface area contributed by atoms with Gasteiger partial charge in [-0.1, -0.05) is 0 Å². The van der Waals surface area contributed by atoms with Gasteiger partial charge in [-0.25, -0.2) is 14.2 Å². The highest BCUT2D eigenvalue weighted by atomic mass is 32.1. The average molecular weight is 681 g/mol. The first-order valence-electron chi connectivity index (χ1n) is 17.0. The van der Waals surface area contributed by atoms with Crippen molar-refractivity contribution < 1.29 is 28.2 Å². The van der Waals surface area contributed by atoms with Gasteiger partial charge >= 0.3 is 5.97 Å². The summed E-state index contributed by atoms with van der Waals surface area (Å²) < 4.78 is 25.4. The van der Waals surface area contributed by atoms with E-state index in [1.54, 1.807) is 42.2 Å². The SMILES string of the molecule is CCOC(=O)c1cc2c(s1)-c1ccc(F)cc1N(C(=O)c1ccc(NC(=O)c3cc4c(nc3N3CC5(CCOCC5)C3)CCC4)cc1)CC2. The molecule has 4 aliphatic rings. The van der Waals surface area contributed by atoms with Crippen molar-refractivity contribution in [3.63, 3.8) is 0 Å². The van der Waals surface area contributed by atoms with Crippen molar-refractivity contribution in [3.8, 4) is 10.4 Å². The molecule has 0 radical (unpaired) electrons. The Morgan fingerprint density at radius 2 is 1.80 bits per heavy atom. The molecule has 0 bridgehead atoms. The van der Waals surface area contributed by atoms with Crippen molar-refractivity contribution in [2.45, 2.75) is 45.4 Å². The van der Waals surface area contributed by atoms with Crippen LogP contribution in [0.1, 0.15) is 73.4 Å². The molecule has 2 amide bonds. The molecule has 1 spiro atoms. The van der Waals surface area contributed by atoms with Crippen molar-refractivity contribution in [1.82, 2.24) is 4.98 Å². The van der Waals surface area contributed by atoms with Crippen LogP contribution in [0.25, 0.3) is 10.4 Å². The van der Waals surface area contributed by atoms with Gasteiger partial charge in [0.1, 0.15) is 16.5 Å². The Bertz CT molecular complexity index is 1960. The Morgan fingerprint density at radius 3 is 2.57 bits per heavy atom. The fourth-order valence-corrected chi connectivity index (χ4v) is 8.72. The minimum atomic E-state index is -0.457. The molecule has 0 saturated carbocycles. The molecule has 49 heavy (non-hydrogen) atoms. The number of thiophene rings is 1. The lowest BCUT2D eigenvalue weighted by Gasteiger charge is -2.53. The molecular formula is C38H37FN4O5S. The van der Waals surface area contributed by atoms with Gasteiger partial charge in [-0.3, -0.25) is 9.59 Å². The van der Waals surface area contributed by atoms with Gasteiger partial charge in [0, 0.05) is 65.6 Å². The number of fused-ring (bicyclic) bond motifs is 4. The summed E-state index contributed by atoms with van der Waals surface area (Å²) >= 11 is 1.29. The first kappa shape index (κ1) is 31.6. The summed E-state index contributed by atoms with van der Waals surface area (Å²) in [7, 11) is 0. The summed E-state index contributed by atoms with van der Waals surface area (Å²) in [6, 6.07) is 15.0. The van der Waals surface area contributed by atoms with E-state index < -0.39 is 11.8 Å². The quantitative estimate of drug-likeness (QED) is 0.227. The first-order chi connectivity index (χ1) is 23.8. The van der Waals surface area contributed by atoms with Gasteiger partial charge in [-0.05, 0) is 111 Å². The number of halogens is 1. The summed E-state index contributed by atoms with van der Waals surface area (Å²) in [4.78, 5) is 50.3. The maximum absolute atomic E-state index is 14.6. The second kappa shape index (κ2) is 12.7. The second-order valence-corrected chi connectivity index (χ2v) is 14.4. The molecule has 8 rings (SSSR count). The highest BCUT2D eigenvalue weighted by molar-refractivity contribution is 7.17. The fourth-order valence-electron chi connectivity index (χ4n) is 7.58. The molecule has 3 aliphatic heterocycles. The predicted octanol–water partition coefficient (Wildman–Crippen LogP) is 6.69. The van der Waals surface area contributed by atoms with E-state index in [2.05, 4.69) is 10.2 Å². The monoisotopic (exact) mass is 680 g/mol. The fraction of sp³-hybridized carbons (Fsp3) is 0.368. The van der Waals surface area contributed by atoms with Crippen LogP contribution in [-0.4, -0.2) is 62.2 Å². The van der Waals surface area contributed by atoms with Crippen LogP contribution in [0.15, 0.2) is 54.6 Å². The summed E-state index contributed by atoms with van der Waals surface area (Å²) in [5, 5.41) is 3.04. The molecule has 4 aromatic rings. The Labute approximate surface area is 288 Å². The van der Waals surface area contributed by atoms with Gasteiger partial charge in [0.05, 0.1) is 17.9 Å². The van der Waals surface area contributed by atoms with E-state index in [0.717, 1.165) is 85.9 Å². The van der Waals surface area contributed by atoms with Gasteiger partial charge < -0.3 is 24.6 Å². The lowest BCUT2D eigenvalue weighted by molar-refractivity contribution is -0.000522.